The zero-order chi connectivity index (χ0) is 40.3. The lowest BCUT2D eigenvalue weighted by Crippen LogP contribution is -2.68. The van der Waals surface area contributed by atoms with Gasteiger partial charge in [-0.3, -0.25) is 0 Å². The van der Waals surface area contributed by atoms with E-state index in [1.807, 2.05) is 0 Å². The van der Waals surface area contributed by atoms with Crippen molar-refractivity contribution < 1.29 is 120 Å². The van der Waals surface area contributed by atoms with Crippen LogP contribution in [0.2, 0.25) is 0 Å². The summed E-state index contributed by atoms with van der Waals surface area (Å²) in [7, 11) is 0. The molecule has 0 radical (unpaired) electrons. The molecule has 0 saturated carbocycles. The highest BCUT2D eigenvalue weighted by Gasteiger charge is 2.56. The van der Waals surface area contributed by atoms with Crippen molar-refractivity contribution >= 4 is 0 Å². The minimum Gasteiger partial charge on any atom is -0.394 e. The van der Waals surface area contributed by atoms with Crippen LogP contribution < -0.4 is 0 Å². The summed E-state index contributed by atoms with van der Waals surface area (Å²) < 4.78 is 45.4. The maximum absolute atomic E-state index is 11.3. The normalized spacial score (nSPS) is 48.6. The molecule has 0 spiro atoms. The first-order chi connectivity index (χ1) is 25.4. The van der Waals surface area contributed by atoms with Crippen molar-refractivity contribution in [3.05, 3.63) is 0 Å². The Balaban J connectivity index is 1.75. The van der Waals surface area contributed by atoms with Crippen LogP contribution in [-0.2, 0) is 37.9 Å². The molecule has 24 atom stereocenters. The lowest BCUT2D eigenvalue weighted by atomic mass is 9.95. The van der Waals surface area contributed by atoms with Gasteiger partial charge in [0.25, 0.3) is 0 Å². The van der Waals surface area contributed by atoms with Gasteiger partial charge in [0.15, 0.2) is 25.2 Å². The van der Waals surface area contributed by atoms with E-state index in [0.29, 0.717) is 0 Å². The van der Waals surface area contributed by atoms with E-state index in [0.717, 1.165) is 0 Å². The van der Waals surface area contributed by atoms with Crippen LogP contribution >= 0.6 is 0 Å². The predicted molar refractivity (Wildman–Crippen MR) is 166 cm³/mol. The van der Waals surface area contributed by atoms with Crippen LogP contribution in [0, 0.1) is 0 Å². The van der Waals surface area contributed by atoms with Gasteiger partial charge >= 0.3 is 0 Å². The molecular formula is C30H54O24. The van der Waals surface area contributed by atoms with E-state index in [9.17, 15) is 81.7 Å². The predicted octanol–water partition coefficient (Wildman–Crippen LogP) is -10.2. The third kappa shape index (κ3) is 9.66. The summed E-state index contributed by atoms with van der Waals surface area (Å²) in [5.41, 5.74) is 0. The Hall–Kier alpha value is -0.960. The summed E-state index contributed by atoms with van der Waals surface area (Å²) in [5.74, 6) is 0. The fraction of sp³-hybridized carbons (Fsp3) is 1.00. The molecule has 4 aliphatic heterocycles. The number of hydrogen-bond donors (Lipinski definition) is 16. The molecule has 0 aliphatic carbocycles. The van der Waals surface area contributed by atoms with Crippen molar-refractivity contribution in [1.82, 2.24) is 0 Å². The maximum Gasteiger partial charge on any atom is 0.187 e. The second kappa shape index (κ2) is 19.7. The number of aliphatic hydroxyl groups excluding tert-OH is 16. The minimum absolute atomic E-state index is 0.893. The van der Waals surface area contributed by atoms with E-state index in [1.54, 1.807) is 0 Å². The van der Waals surface area contributed by atoms with Crippen LogP contribution in [-0.4, -0.2) is 255 Å². The molecule has 318 valence electrons. The van der Waals surface area contributed by atoms with Gasteiger partial charge in [0.2, 0.25) is 0 Å². The van der Waals surface area contributed by atoms with Crippen LogP contribution in [0.3, 0.4) is 0 Å². The first kappa shape index (κ1) is 45.7. The molecule has 16 N–H and O–H groups in total. The summed E-state index contributed by atoms with van der Waals surface area (Å²) in [6, 6.07) is 0. The summed E-state index contributed by atoms with van der Waals surface area (Å²) >= 11 is 0. The Bertz CT molecular complexity index is 1130. The minimum atomic E-state index is -2.12. The average molecular weight is 799 g/mol. The first-order valence-electron chi connectivity index (χ1n) is 17.3. The first-order valence-corrected chi connectivity index (χ1v) is 17.3. The van der Waals surface area contributed by atoms with Gasteiger partial charge < -0.3 is 120 Å². The van der Waals surface area contributed by atoms with Crippen molar-refractivity contribution in [3.8, 4) is 0 Å². The van der Waals surface area contributed by atoms with Crippen LogP contribution in [0.4, 0.5) is 0 Å². The number of ether oxygens (including phenoxy) is 8. The third-order valence-electron chi connectivity index (χ3n) is 9.89. The largest absolute Gasteiger partial charge is 0.394 e. The van der Waals surface area contributed by atoms with Crippen LogP contribution in [0.25, 0.3) is 0 Å². The zero-order valence-electron chi connectivity index (χ0n) is 29.1. The van der Waals surface area contributed by atoms with Gasteiger partial charge in [-0.05, 0) is 13.8 Å². The molecule has 0 bridgehead atoms. The van der Waals surface area contributed by atoms with Gasteiger partial charge in [0.05, 0.1) is 38.6 Å². The van der Waals surface area contributed by atoms with Crippen molar-refractivity contribution in [3.63, 3.8) is 0 Å². The summed E-state index contributed by atoms with van der Waals surface area (Å²) in [5, 5.41) is 167. The monoisotopic (exact) mass is 798 g/mol. The van der Waals surface area contributed by atoms with Crippen molar-refractivity contribution in [2.75, 3.05) is 26.4 Å². The lowest BCUT2D eigenvalue weighted by Gasteiger charge is -2.50. The molecule has 0 aromatic heterocycles. The Morgan fingerprint density at radius 2 is 0.796 bits per heavy atom. The van der Waals surface area contributed by atoms with E-state index >= 15 is 0 Å². The van der Waals surface area contributed by atoms with Gasteiger partial charge in [-0.15, -0.1) is 0 Å². The van der Waals surface area contributed by atoms with E-state index in [-0.39, 0.29) is 0 Å². The molecule has 24 heteroatoms. The maximum atomic E-state index is 11.3. The summed E-state index contributed by atoms with van der Waals surface area (Å²) in [6.07, 6.45) is -44.7. The van der Waals surface area contributed by atoms with E-state index in [1.165, 1.54) is 13.8 Å². The molecule has 0 unspecified atom stereocenters. The zero-order valence-corrected chi connectivity index (χ0v) is 29.1. The van der Waals surface area contributed by atoms with Gasteiger partial charge in [0.1, 0.15) is 110 Å². The SMILES string of the molecule is C[C@@H]1O[C@@H](O[C@H]2[C@H](O[C@@H]([C@H](O[C@@H]3O[C@@H](C)[C@@H](O)[C@@H](O)[C@@H]3O)[C@@H](O)CO)[C@H](O)CO)O[C@H](CO)[C@H](O)[C@@H]2O[C@H]2O[C@H](CO)[C@H](O)[C@H](O)[C@H]2O)[C@@H](O)[C@H](O)[C@@H]1O. The topological polar surface area (TPSA) is 398 Å². The molecule has 0 aromatic carbocycles. The highest BCUT2D eigenvalue weighted by Crippen LogP contribution is 2.35. The highest BCUT2D eigenvalue weighted by molar-refractivity contribution is 4.98. The number of hydrogen-bond acceptors (Lipinski definition) is 24. The standard InChI is InChI=1S/C30H54O24/c1-7-13(37)17(41)20(44)27(47-7)51-23(9(35)3-31)24(10(36)4-32)52-30-26(54-28-21(45)18(42)14(38)8(2)48-28)25(16(40)12(6-34)50-30)53-29-22(46)19(43)15(39)11(5-33)49-29/h7-46H,3-6H2,1-2H3/t7-,8-,9-,10+,11+,12+,13+,14+,15-,16-,17+,18+,19-,20-,21-,22+,23+,24+,25-,26+,27-,28-,29+,30-/m0/s1. The van der Waals surface area contributed by atoms with Gasteiger partial charge in [-0.1, -0.05) is 0 Å². The molecule has 4 fully saturated rings. The molecule has 24 nitrogen and oxygen atoms in total. The van der Waals surface area contributed by atoms with Crippen LogP contribution in [0.15, 0.2) is 0 Å². The van der Waals surface area contributed by atoms with E-state index < -0.39 is 174 Å². The van der Waals surface area contributed by atoms with E-state index in [2.05, 4.69) is 0 Å². The average Bonchev–Trinajstić information content (AvgIpc) is 3.16. The molecule has 4 rings (SSSR count). The number of aliphatic hydroxyl groups is 16. The van der Waals surface area contributed by atoms with Gasteiger partial charge in [-0.2, -0.15) is 0 Å². The second-order valence-corrected chi connectivity index (χ2v) is 13.7. The molecule has 4 aliphatic rings. The Labute approximate surface area is 307 Å². The van der Waals surface area contributed by atoms with Gasteiger partial charge in [-0.25, -0.2) is 0 Å². The molecule has 0 aromatic rings. The summed E-state index contributed by atoms with van der Waals surface area (Å²) in [4.78, 5) is 0. The molecule has 4 saturated heterocycles. The molecule has 54 heavy (non-hydrogen) atoms. The van der Waals surface area contributed by atoms with Gasteiger partial charge in [0, 0.05) is 0 Å². The quantitative estimate of drug-likeness (QED) is 0.0731. The van der Waals surface area contributed by atoms with Crippen molar-refractivity contribution in [1.29, 1.82) is 0 Å². The van der Waals surface area contributed by atoms with Crippen LogP contribution in [0.5, 0.6) is 0 Å². The van der Waals surface area contributed by atoms with Crippen LogP contribution in [0.1, 0.15) is 13.8 Å². The summed E-state index contributed by atoms with van der Waals surface area (Å²) in [6.45, 7) is -1.59. The smallest absolute Gasteiger partial charge is 0.187 e. The fourth-order valence-corrected chi connectivity index (χ4v) is 6.48. The molecule has 4 heterocycles. The molecule has 0 amide bonds. The lowest BCUT2D eigenvalue weighted by molar-refractivity contribution is -0.401. The number of rotatable bonds is 15. The highest BCUT2D eigenvalue weighted by atomic mass is 16.8. The van der Waals surface area contributed by atoms with Crippen molar-refractivity contribution in [2.45, 2.75) is 161 Å². The molecular weight excluding hydrogens is 744 g/mol. The Morgan fingerprint density at radius 1 is 0.426 bits per heavy atom. The third-order valence-corrected chi connectivity index (χ3v) is 9.89. The van der Waals surface area contributed by atoms with Crippen molar-refractivity contribution in [2.24, 2.45) is 0 Å². The Kier molecular flexibility index (Phi) is 16.7. The Morgan fingerprint density at radius 3 is 1.28 bits per heavy atom. The van der Waals surface area contributed by atoms with E-state index in [4.69, 9.17) is 37.9 Å². The fourth-order valence-electron chi connectivity index (χ4n) is 6.48. The second-order valence-electron chi connectivity index (χ2n) is 13.7.